The van der Waals surface area contributed by atoms with Crippen LogP contribution in [0.25, 0.3) is 0 Å². The highest BCUT2D eigenvalue weighted by molar-refractivity contribution is 7.89. The third kappa shape index (κ3) is 6.08. The van der Waals surface area contributed by atoms with E-state index in [0.29, 0.717) is 23.2 Å². The average molecular weight is 564 g/mol. The van der Waals surface area contributed by atoms with E-state index in [0.717, 1.165) is 33.9 Å². The molecular weight excluding hydrogens is 534 g/mol. The zero-order chi connectivity index (χ0) is 27.8. The second-order valence-corrected chi connectivity index (χ2v) is 12.4. The lowest BCUT2D eigenvalue weighted by atomic mass is 10.1. The molecule has 0 aliphatic carbocycles. The van der Waals surface area contributed by atoms with Gasteiger partial charge < -0.3 is 20.4 Å². The molecule has 1 atom stereocenters. The highest BCUT2D eigenvalue weighted by atomic mass is 35.5. The lowest BCUT2D eigenvalue weighted by molar-refractivity contribution is 0.491. The summed E-state index contributed by atoms with van der Waals surface area (Å²) in [6.45, 7) is 0. The van der Waals surface area contributed by atoms with Crippen LogP contribution in [-0.2, 0) is 22.0 Å². The molecule has 1 aliphatic rings. The maximum absolute atomic E-state index is 11.5. The predicted octanol–water partition coefficient (Wildman–Crippen LogP) is 4.90. The van der Waals surface area contributed by atoms with Crippen LogP contribution in [0.5, 0.6) is 0 Å². The minimum atomic E-state index is -3.09. The first kappa shape index (κ1) is 26.7. The smallest absolute Gasteiger partial charge is 0.229 e. The second-order valence-electron chi connectivity index (χ2n) is 9.80. The lowest BCUT2D eigenvalue weighted by Gasteiger charge is -2.34. The minimum absolute atomic E-state index is 0.00187. The Labute approximate surface area is 233 Å². The summed E-state index contributed by atoms with van der Waals surface area (Å²) in [6.07, 6.45) is 3.50. The molecule has 202 valence electrons. The summed E-state index contributed by atoms with van der Waals surface area (Å²) >= 11 is 6.04. The summed E-state index contributed by atoms with van der Waals surface area (Å²) in [5.74, 6) is 0.351. The summed E-state index contributed by atoms with van der Waals surface area (Å²) < 4.78 is 23.1. The van der Waals surface area contributed by atoms with Crippen molar-refractivity contribution in [1.82, 2.24) is 9.97 Å². The largest absolute Gasteiger partial charge is 0.348 e. The highest BCUT2D eigenvalue weighted by Crippen LogP contribution is 2.41. The third-order valence-electron chi connectivity index (χ3n) is 6.69. The Hall–Kier alpha value is -3.86. The van der Waals surface area contributed by atoms with E-state index in [2.05, 4.69) is 31.6 Å². The number of nitrogens with zero attached hydrogens (tertiary/aromatic N) is 4. The van der Waals surface area contributed by atoms with Crippen molar-refractivity contribution in [3.8, 4) is 0 Å². The molecule has 9 nitrogen and oxygen atoms in total. The first-order valence-electron chi connectivity index (χ1n) is 12.3. The first-order valence-corrected chi connectivity index (χ1v) is 14.7. The monoisotopic (exact) mass is 563 g/mol. The molecule has 1 aliphatic heterocycles. The van der Waals surface area contributed by atoms with Crippen molar-refractivity contribution in [2.75, 3.05) is 40.8 Å². The van der Waals surface area contributed by atoms with Gasteiger partial charge in [-0.3, -0.25) is 5.73 Å². The SMILES string of the molecule is CN(c1ccc2c(c1)NC(N)(Cc1ccc(Cl)cc1)N2C)c1ccnc(Nc2ccc(CS(C)(=O)=O)cc2)n1. The van der Waals surface area contributed by atoms with E-state index in [1.54, 1.807) is 18.3 Å². The van der Waals surface area contributed by atoms with Gasteiger partial charge in [-0.25, -0.2) is 13.4 Å². The topological polar surface area (TPSA) is 116 Å². The van der Waals surface area contributed by atoms with Gasteiger partial charge in [0.05, 0.1) is 17.1 Å². The van der Waals surface area contributed by atoms with Crippen molar-refractivity contribution < 1.29 is 8.42 Å². The summed E-state index contributed by atoms with van der Waals surface area (Å²) in [4.78, 5) is 13.0. The number of aromatic nitrogens is 2. The molecule has 0 radical (unpaired) electrons. The minimum Gasteiger partial charge on any atom is -0.348 e. The number of likely N-dealkylation sites (N-methyl/N-ethyl adjacent to an activating group) is 1. The fourth-order valence-corrected chi connectivity index (χ4v) is 5.50. The summed E-state index contributed by atoms with van der Waals surface area (Å²) in [7, 11) is 0.832. The van der Waals surface area contributed by atoms with Crippen molar-refractivity contribution in [1.29, 1.82) is 0 Å². The van der Waals surface area contributed by atoms with Gasteiger partial charge in [0.15, 0.2) is 15.6 Å². The van der Waals surface area contributed by atoms with Crippen molar-refractivity contribution in [2.24, 2.45) is 5.73 Å². The Morgan fingerprint density at radius 1 is 1.05 bits per heavy atom. The fourth-order valence-electron chi connectivity index (χ4n) is 4.58. The van der Waals surface area contributed by atoms with E-state index in [1.807, 2.05) is 73.6 Å². The van der Waals surface area contributed by atoms with Gasteiger partial charge >= 0.3 is 0 Å². The average Bonchev–Trinajstić information content (AvgIpc) is 3.14. The molecule has 0 amide bonds. The summed E-state index contributed by atoms with van der Waals surface area (Å²) in [6, 6.07) is 22.8. The Morgan fingerprint density at radius 2 is 1.74 bits per heavy atom. The van der Waals surface area contributed by atoms with Crippen molar-refractivity contribution in [3.05, 3.63) is 95.1 Å². The van der Waals surface area contributed by atoms with Crippen molar-refractivity contribution in [3.63, 3.8) is 0 Å². The molecule has 5 rings (SSSR count). The highest BCUT2D eigenvalue weighted by Gasteiger charge is 2.38. The zero-order valence-corrected chi connectivity index (χ0v) is 23.5. The van der Waals surface area contributed by atoms with E-state index in [4.69, 9.17) is 17.3 Å². The normalized spacial score (nSPS) is 16.5. The van der Waals surface area contributed by atoms with Crippen LogP contribution in [0.15, 0.2) is 79.0 Å². The van der Waals surface area contributed by atoms with Crippen LogP contribution in [-0.4, -0.2) is 44.5 Å². The van der Waals surface area contributed by atoms with E-state index >= 15 is 0 Å². The third-order valence-corrected chi connectivity index (χ3v) is 7.80. The Kier molecular flexibility index (Phi) is 7.11. The fraction of sp³-hybridized carbons (Fsp3) is 0.214. The first-order chi connectivity index (χ1) is 18.5. The maximum atomic E-state index is 11.5. The standard InChI is InChI=1S/C28H30ClN7O2S/c1-35(26-14-15-31-27(33-26)32-22-10-6-20(7-11-22)18-39(3,37)38)23-12-13-25-24(16-23)34-28(30,36(25)2)17-19-4-8-21(29)9-5-19/h4-16,34H,17-18,30H2,1-3H3,(H,31,32,33). The van der Waals surface area contributed by atoms with Crippen LogP contribution in [0.1, 0.15) is 11.1 Å². The van der Waals surface area contributed by atoms with Gasteiger partial charge in [-0.2, -0.15) is 4.98 Å². The summed E-state index contributed by atoms with van der Waals surface area (Å²) in [5.41, 5.74) is 12.2. The van der Waals surface area contributed by atoms with E-state index in [9.17, 15) is 8.42 Å². The molecule has 0 fully saturated rings. The van der Waals surface area contributed by atoms with E-state index < -0.39 is 15.6 Å². The molecule has 3 aromatic carbocycles. The van der Waals surface area contributed by atoms with E-state index in [1.165, 1.54) is 6.26 Å². The molecule has 4 aromatic rings. The maximum Gasteiger partial charge on any atom is 0.229 e. The molecule has 0 saturated heterocycles. The second kappa shape index (κ2) is 10.4. The number of rotatable bonds is 8. The molecule has 39 heavy (non-hydrogen) atoms. The molecule has 2 heterocycles. The van der Waals surface area contributed by atoms with Gasteiger partial charge in [-0.1, -0.05) is 35.9 Å². The molecule has 0 saturated carbocycles. The van der Waals surface area contributed by atoms with Gasteiger partial charge in [0.25, 0.3) is 0 Å². The van der Waals surface area contributed by atoms with Gasteiger partial charge in [0.2, 0.25) is 5.95 Å². The lowest BCUT2D eigenvalue weighted by Crippen LogP contribution is -2.58. The van der Waals surface area contributed by atoms with Crippen LogP contribution in [0, 0.1) is 0 Å². The number of fused-ring (bicyclic) bond motifs is 1. The molecule has 1 aromatic heterocycles. The predicted molar refractivity (Wildman–Crippen MR) is 159 cm³/mol. The molecule has 4 N–H and O–H groups in total. The van der Waals surface area contributed by atoms with Crippen LogP contribution < -0.4 is 26.2 Å². The Balaban J connectivity index is 1.31. The molecule has 1 unspecified atom stereocenters. The number of hydrogen-bond donors (Lipinski definition) is 3. The number of benzene rings is 3. The number of sulfone groups is 1. The van der Waals surface area contributed by atoms with Gasteiger partial charge in [0.1, 0.15) is 5.82 Å². The number of nitrogens with two attached hydrogens (primary N) is 1. The van der Waals surface area contributed by atoms with Crippen molar-refractivity contribution >= 4 is 56.0 Å². The van der Waals surface area contributed by atoms with E-state index in [-0.39, 0.29) is 5.75 Å². The zero-order valence-electron chi connectivity index (χ0n) is 21.9. The number of nitrogens with one attached hydrogen (secondary N) is 2. The van der Waals surface area contributed by atoms with Gasteiger partial charge in [0, 0.05) is 49.4 Å². The molecule has 0 bridgehead atoms. The van der Waals surface area contributed by atoms with Crippen molar-refractivity contribution in [2.45, 2.75) is 18.0 Å². The van der Waals surface area contributed by atoms with Crippen LogP contribution in [0.4, 0.5) is 34.5 Å². The number of hydrogen-bond acceptors (Lipinski definition) is 9. The molecule has 0 spiro atoms. The summed E-state index contributed by atoms with van der Waals surface area (Å²) in [5, 5.41) is 7.37. The Bertz CT molecular complexity index is 1600. The van der Waals surface area contributed by atoms with Gasteiger partial charge in [-0.15, -0.1) is 0 Å². The quantitative estimate of drug-likeness (QED) is 0.275. The Morgan fingerprint density at radius 3 is 2.44 bits per heavy atom. The van der Waals surface area contributed by atoms with Gasteiger partial charge in [-0.05, 0) is 59.7 Å². The number of anilines is 6. The van der Waals surface area contributed by atoms with Crippen LogP contribution >= 0.6 is 11.6 Å². The number of halogens is 1. The molecule has 11 heteroatoms. The van der Waals surface area contributed by atoms with Crippen LogP contribution in [0.2, 0.25) is 5.02 Å². The van der Waals surface area contributed by atoms with Crippen LogP contribution in [0.3, 0.4) is 0 Å². The molecular formula is C28H30ClN7O2S.